The predicted octanol–water partition coefficient (Wildman–Crippen LogP) is 1.90. The second-order valence-corrected chi connectivity index (χ2v) is 4.08. The average Bonchev–Trinajstić information content (AvgIpc) is 2.46. The number of rotatable bonds is 3. The van der Waals surface area contributed by atoms with Crippen LogP contribution in [0.25, 0.3) is 10.9 Å². The smallest absolute Gasteiger partial charge is 0.258 e. The predicted molar refractivity (Wildman–Crippen MR) is 70.9 cm³/mol. The second kappa shape index (κ2) is 4.89. The molecule has 0 aliphatic heterocycles. The lowest BCUT2D eigenvalue weighted by Gasteiger charge is -2.06. The highest BCUT2D eigenvalue weighted by molar-refractivity contribution is 5.81. The number of pyridine rings is 1. The van der Waals surface area contributed by atoms with E-state index in [1.54, 1.807) is 12.3 Å². The Morgan fingerprint density at radius 3 is 2.79 bits per heavy atom. The van der Waals surface area contributed by atoms with Crippen LogP contribution in [0.1, 0.15) is 5.56 Å². The van der Waals surface area contributed by atoms with Gasteiger partial charge in [0.15, 0.2) is 0 Å². The third kappa shape index (κ3) is 2.44. The minimum absolute atomic E-state index is 0.190. The molecule has 0 radical (unpaired) electrons. The summed E-state index contributed by atoms with van der Waals surface area (Å²) in [4.78, 5) is 14.1. The van der Waals surface area contributed by atoms with Gasteiger partial charge < -0.3 is 9.72 Å². The van der Waals surface area contributed by atoms with Gasteiger partial charge in [-0.2, -0.15) is 5.10 Å². The zero-order valence-electron chi connectivity index (χ0n) is 10.0. The molecule has 1 aromatic carbocycles. The largest absolute Gasteiger partial charge is 0.470 e. The fourth-order valence-corrected chi connectivity index (χ4v) is 1.79. The summed E-state index contributed by atoms with van der Waals surface area (Å²) in [7, 11) is 0. The molecule has 2 aromatic heterocycles. The lowest BCUT2D eigenvalue weighted by molar-refractivity contribution is 0.294. The molecule has 0 aliphatic carbocycles. The van der Waals surface area contributed by atoms with Gasteiger partial charge in [-0.25, -0.2) is 0 Å². The molecule has 3 aromatic rings. The number of hydrogen-bond acceptors (Lipinski definition) is 4. The van der Waals surface area contributed by atoms with Crippen molar-refractivity contribution in [2.75, 3.05) is 0 Å². The third-order valence-electron chi connectivity index (χ3n) is 2.73. The van der Waals surface area contributed by atoms with Gasteiger partial charge in [-0.15, -0.1) is 5.10 Å². The first-order valence-corrected chi connectivity index (χ1v) is 5.84. The van der Waals surface area contributed by atoms with Crippen LogP contribution in [0.3, 0.4) is 0 Å². The van der Waals surface area contributed by atoms with Crippen molar-refractivity contribution >= 4 is 10.9 Å². The molecule has 5 nitrogen and oxygen atoms in total. The molecule has 5 heteroatoms. The lowest BCUT2D eigenvalue weighted by atomic mass is 10.2. The Balaban J connectivity index is 1.93. The highest BCUT2D eigenvalue weighted by Gasteiger charge is 2.05. The summed E-state index contributed by atoms with van der Waals surface area (Å²) in [5.74, 6) is 0.332. The molecule has 0 spiro atoms. The third-order valence-corrected chi connectivity index (χ3v) is 2.73. The van der Waals surface area contributed by atoms with Gasteiger partial charge in [-0.1, -0.05) is 30.3 Å². The first kappa shape index (κ1) is 11.4. The molecule has 0 bridgehead atoms. The molecule has 0 fully saturated rings. The van der Waals surface area contributed by atoms with E-state index in [9.17, 15) is 4.79 Å². The Hall–Kier alpha value is -2.69. The van der Waals surface area contributed by atoms with E-state index in [0.717, 1.165) is 10.9 Å². The average molecular weight is 253 g/mol. The van der Waals surface area contributed by atoms with E-state index in [-0.39, 0.29) is 5.56 Å². The summed E-state index contributed by atoms with van der Waals surface area (Å²) in [6.07, 6.45) is 1.58. The zero-order valence-corrected chi connectivity index (χ0v) is 10.0. The van der Waals surface area contributed by atoms with Gasteiger partial charge in [-0.3, -0.25) is 4.79 Å². The first-order chi connectivity index (χ1) is 9.33. The molecular formula is C14H11N3O2. The maximum Gasteiger partial charge on any atom is 0.258 e. The number of ether oxygens (including phenoxy) is 1. The quantitative estimate of drug-likeness (QED) is 0.774. The van der Waals surface area contributed by atoms with Gasteiger partial charge in [-0.05, 0) is 11.6 Å². The van der Waals surface area contributed by atoms with E-state index in [1.807, 2.05) is 30.3 Å². The van der Waals surface area contributed by atoms with Crippen LogP contribution in [0.4, 0.5) is 0 Å². The van der Waals surface area contributed by atoms with Crippen LogP contribution in [-0.4, -0.2) is 15.2 Å². The molecule has 0 atom stereocenters. The van der Waals surface area contributed by atoms with Gasteiger partial charge in [0.1, 0.15) is 12.1 Å². The Morgan fingerprint density at radius 1 is 1.11 bits per heavy atom. The Kier molecular flexibility index (Phi) is 2.94. The summed E-state index contributed by atoms with van der Waals surface area (Å²) >= 11 is 0. The number of nitrogens with one attached hydrogen (secondary N) is 1. The molecule has 1 N–H and O–H groups in total. The van der Waals surface area contributed by atoms with Crippen molar-refractivity contribution in [3.63, 3.8) is 0 Å². The lowest BCUT2D eigenvalue weighted by Crippen LogP contribution is -2.06. The maximum absolute atomic E-state index is 11.4. The number of aromatic nitrogens is 3. The number of hydrogen-bond donors (Lipinski definition) is 1. The van der Waals surface area contributed by atoms with Crippen molar-refractivity contribution in [1.82, 2.24) is 15.2 Å². The summed E-state index contributed by atoms with van der Waals surface area (Å²) in [6, 6.07) is 12.9. The van der Waals surface area contributed by atoms with Gasteiger partial charge in [0.2, 0.25) is 5.56 Å². The van der Waals surface area contributed by atoms with E-state index in [2.05, 4.69) is 15.2 Å². The number of fused-ring (bicyclic) bond motifs is 1. The van der Waals surface area contributed by atoms with E-state index >= 15 is 0 Å². The molecule has 19 heavy (non-hydrogen) atoms. The van der Waals surface area contributed by atoms with Crippen LogP contribution in [0.15, 0.2) is 53.5 Å². The normalized spacial score (nSPS) is 10.5. The van der Waals surface area contributed by atoms with E-state index in [4.69, 9.17) is 4.74 Å². The molecule has 3 rings (SSSR count). The highest BCUT2D eigenvalue weighted by Crippen LogP contribution is 2.18. The molecule has 0 saturated carbocycles. The van der Waals surface area contributed by atoms with Crippen molar-refractivity contribution in [3.8, 4) is 5.88 Å². The number of aromatic amines is 1. The summed E-state index contributed by atoms with van der Waals surface area (Å²) < 4.78 is 5.62. The van der Waals surface area contributed by atoms with Crippen LogP contribution in [0, 0.1) is 0 Å². The molecule has 2 heterocycles. The summed E-state index contributed by atoms with van der Waals surface area (Å²) in [5.41, 5.74) is 1.41. The van der Waals surface area contributed by atoms with Crippen LogP contribution in [0.2, 0.25) is 0 Å². The molecular weight excluding hydrogens is 242 g/mol. The van der Waals surface area contributed by atoms with Crippen LogP contribution in [-0.2, 0) is 6.61 Å². The SMILES string of the molecule is O=c1ccc2cnnc(OCc3ccccc3)c2[nH]1. The van der Waals surface area contributed by atoms with E-state index < -0.39 is 0 Å². The standard InChI is InChI=1S/C14H11N3O2/c18-12-7-6-11-8-15-17-14(13(11)16-12)19-9-10-4-2-1-3-5-10/h1-8H,9H2,(H,16,18). The van der Waals surface area contributed by atoms with Crippen molar-refractivity contribution in [3.05, 3.63) is 64.6 Å². The first-order valence-electron chi connectivity index (χ1n) is 5.84. The molecule has 0 unspecified atom stereocenters. The minimum atomic E-state index is -0.190. The second-order valence-electron chi connectivity index (χ2n) is 4.08. The van der Waals surface area contributed by atoms with Gasteiger partial charge in [0.25, 0.3) is 5.88 Å². The highest BCUT2D eigenvalue weighted by atomic mass is 16.5. The van der Waals surface area contributed by atoms with Crippen LogP contribution >= 0.6 is 0 Å². The van der Waals surface area contributed by atoms with Crippen molar-refractivity contribution in [2.24, 2.45) is 0 Å². The van der Waals surface area contributed by atoms with Crippen molar-refractivity contribution in [2.45, 2.75) is 6.61 Å². The van der Waals surface area contributed by atoms with E-state index in [0.29, 0.717) is 18.0 Å². The fourth-order valence-electron chi connectivity index (χ4n) is 1.79. The monoisotopic (exact) mass is 253 g/mol. The number of benzene rings is 1. The number of nitrogens with zero attached hydrogens (tertiary/aromatic N) is 2. The fraction of sp³-hybridized carbons (Fsp3) is 0.0714. The van der Waals surface area contributed by atoms with Crippen molar-refractivity contribution in [1.29, 1.82) is 0 Å². The molecule has 0 amide bonds. The summed E-state index contributed by atoms with van der Waals surface area (Å²) in [5, 5.41) is 8.57. The molecule has 0 saturated heterocycles. The van der Waals surface area contributed by atoms with Gasteiger partial charge >= 0.3 is 0 Å². The van der Waals surface area contributed by atoms with Gasteiger partial charge in [0.05, 0.1) is 6.20 Å². The number of H-pyrrole nitrogens is 1. The summed E-state index contributed by atoms with van der Waals surface area (Å²) in [6.45, 7) is 0.381. The van der Waals surface area contributed by atoms with Crippen LogP contribution in [0.5, 0.6) is 5.88 Å². The van der Waals surface area contributed by atoms with E-state index in [1.165, 1.54) is 6.07 Å². The topological polar surface area (TPSA) is 67.9 Å². The molecule has 94 valence electrons. The zero-order chi connectivity index (χ0) is 13.1. The van der Waals surface area contributed by atoms with Crippen LogP contribution < -0.4 is 10.3 Å². The minimum Gasteiger partial charge on any atom is -0.470 e. The molecule has 0 aliphatic rings. The Labute approximate surface area is 108 Å². The Bertz CT molecular complexity index is 753. The van der Waals surface area contributed by atoms with Crippen molar-refractivity contribution < 1.29 is 4.74 Å². The van der Waals surface area contributed by atoms with Gasteiger partial charge in [0, 0.05) is 11.5 Å². The maximum atomic E-state index is 11.4. The Morgan fingerprint density at radius 2 is 1.95 bits per heavy atom.